The standard InChI is InChI=1S/C15H20Cl2N4O2/c1-20(14-18-12(16)8-13(17)19-14)11-6-9-4-3-5-10(7-11)21(9)15(22)23-2/h8-11H,3-7H2,1-2H3/t9-,10+,11-. The van der Waals surface area contributed by atoms with Gasteiger partial charge < -0.3 is 14.5 Å². The summed E-state index contributed by atoms with van der Waals surface area (Å²) in [7, 11) is 3.40. The first-order valence-corrected chi connectivity index (χ1v) is 8.54. The highest BCUT2D eigenvalue weighted by Crippen LogP contribution is 2.37. The van der Waals surface area contributed by atoms with Crippen LogP contribution >= 0.6 is 23.2 Å². The number of fused-ring (bicyclic) bond motifs is 2. The van der Waals surface area contributed by atoms with Crippen molar-refractivity contribution in [3.8, 4) is 0 Å². The van der Waals surface area contributed by atoms with E-state index in [-0.39, 0.29) is 24.2 Å². The van der Waals surface area contributed by atoms with E-state index in [9.17, 15) is 4.79 Å². The van der Waals surface area contributed by atoms with Crippen LogP contribution in [0.25, 0.3) is 0 Å². The highest BCUT2D eigenvalue weighted by atomic mass is 35.5. The van der Waals surface area contributed by atoms with Crippen molar-refractivity contribution in [1.29, 1.82) is 0 Å². The molecule has 126 valence electrons. The van der Waals surface area contributed by atoms with Gasteiger partial charge in [-0.2, -0.15) is 0 Å². The summed E-state index contributed by atoms with van der Waals surface area (Å²) < 4.78 is 4.95. The zero-order valence-corrected chi connectivity index (χ0v) is 14.7. The van der Waals surface area contributed by atoms with Gasteiger partial charge in [-0.1, -0.05) is 23.2 Å². The third-order valence-corrected chi connectivity index (χ3v) is 5.24. The van der Waals surface area contributed by atoms with E-state index >= 15 is 0 Å². The molecule has 0 saturated carbocycles. The summed E-state index contributed by atoms with van der Waals surface area (Å²) in [5, 5.41) is 0.665. The molecule has 2 saturated heterocycles. The SMILES string of the molecule is COC(=O)N1[C@@H]2CCC[C@H]1C[C@H](N(C)c1nc(Cl)cc(Cl)n1)C2. The first-order chi connectivity index (χ1) is 11.0. The Bertz CT molecular complexity index is 567. The molecule has 8 heteroatoms. The number of carbonyl (C=O) groups excluding carboxylic acids is 1. The van der Waals surface area contributed by atoms with E-state index in [1.165, 1.54) is 13.2 Å². The van der Waals surface area contributed by atoms with E-state index in [4.69, 9.17) is 27.9 Å². The molecule has 3 heterocycles. The van der Waals surface area contributed by atoms with Crippen molar-refractivity contribution in [2.24, 2.45) is 0 Å². The topological polar surface area (TPSA) is 58.6 Å². The van der Waals surface area contributed by atoms with E-state index in [0.29, 0.717) is 16.3 Å². The number of hydrogen-bond acceptors (Lipinski definition) is 5. The molecule has 2 aliphatic rings. The maximum atomic E-state index is 12.0. The highest BCUT2D eigenvalue weighted by Gasteiger charge is 2.42. The van der Waals surface area contributed by atoms with E-state index < -0.39 is 0 Å². The fraction of sp³-hybridized carbons (Fsp3) is 0.667. The van der Waals surface area contributed by atoms with E-state index in [1.54, 1.807) is 0 Å². The summed E-state index contributed by atoms with van der Waals surface area (Å²) in [6.07, 6.45) is 4.69. The van der Waals surface area contributed by atoms with Crippen LogP contribution < -0.4 is 4.90 Å². The van der Waals surface area contributed by atoms with Crippen LogP contribution in [0.5, 0.6) is 0 Å². The highest BCUT2D eigenvalue weighted by molar-refractivity contribution is 6.33. The van der Waals surface area contributed by atoms with Gasteiger partial charge >= 0.3 is 6.09 Å². The van der Waals surface area contributed by atoms with Crippen LogP contribution in [0, 0.1) is 0 Å². The number of aromatic nitrogens is 2. The van der Waals surface area contributed by atoms with Crippen molar-refractivity contribution in [3.05, 3.63) is 16.4 Å². The molecule has 0 aliphatic carbocycles. The first kappa shape index (κ1) is 16.6. The Kier molecular flexibility index (Phi) is 4.82. The molecule has 3 atom stereocenters. The van der Waals surface area contributed by atoms with Gasteiger partial charge in [-0.3, -0.25) is 0 Å². The molecule has 3 rings (SSSR count). The van der Waals surface area contributed by atoms with Gasteiger partial charge in [-0.25, -0.2) is 14.8 Å². The minimum Gasteiger partial charge on any atom is -0.453 e. The molecular formula is C15H20Cl2N4O2. The normalized spacial score (nSPS) is 26.8. The van der Waals surface area contributed by atoms with Crippen molar-refractivity contribution in [2.45, 2.75) is 50.2 Å². The number of halogens is 2. The second kappa shape index (κ2) is 6.69. The van der Waals surface area contributed by atoms with Crippen molar-refractivity contribution in [1.82, 2.24) is 14.9 Å². The molecule has 0 N–H and O–H groups in total. The van der Waals surface area contributed by atoms with Crippen molar-refractivity contribution in [2.75, 3.05) is 19.1 Å². The van der Waals surface area contributed by atoms with Crippen molar-refractivity contribution in [3.63, 3.8) is 0 Å². The summed E-state index contributed by atoms with van der Waals surface area (Å²) in [5.41, 5.74) is 0. The third-order valence-electron chi connectivity index (χ3n) is 4.85. The van der Waals surface area contributed by atoms with Gasteiger partial charge in [0.15, 0.2) is 0 Å². The average molecular weight is 359 g/mol. The van der Waals surface area contributed by atoms with E-state index in [0.717, 1.165) is 32.1 Å². The van der Waals surface area contributed by atoms with Gasteiger partial charge in [0.1, 0.15) is 10.3 Å². The predicted octanol–water partition coefficient (Wildman–Crippen LogP) is 3.37. The Hall–Kier alpha value is -1.27. The largest absolute Gasteiger partial charge is 0.453 e. The summed E-state index contributed by atoms with van der Waals surface area (Å²) in [6, 6.07) is 2.18. The quantitative estimate of drug-likeness (QED) is 0.758. The van der Waals surface area contributed by atoms with Crippen LogP contribution in [-0.4, -0.2) is 53.2 Å². The number of anilines is 1. The lowest BCUT2D eigenvalue weighted by Crippen LogP contribution is -2.58. The maximum Gasteiger partial charge on any atom is 0.409 e. The van der Waals surface area contributed by atoms with Crippen LogP contribution in [0.2, 0.25) is 10.3 Å². The third kappa shape index (κ3) is 3.33. The summed E-state index contributed by atoms with van der Waals surface area (Å²) >= 11 is 12.0. The second-order valence-electron chi connectivity index (χ2n) is 6.17. The average Bonchev–Trinajstić information content (AvgIpc) is 2.51. The number of carbonyl (C=O) groups is 1. The van der Waals surface area contributed by atoms with Crippen LogP contribution in [0.4, 0.5) is 10.7 Å². The molecule has 1 amide bonds. The Balaban J connectivity index is 1.79. The smallest absolute Gasteiger partial charge is 0.409 e. The lowest BCUT2D eigenvalue weighted by molar-refractivity contribution is 0.0260. The van der Waals surface area contributed by atoms with Crippen LogP contribution in [0.3, 0.4) is 0 Å². The molecule has 2 fully saturated rings. The van der Waals surface area contributed by atoms with Gasteiger partial charge in [-0.15, -0.1) is 0 Å². The minimum absolute atomic E-state index is 0.206. The van der Waals surface area contributed by atoms with Gasteiger partial charge in [0, 0.05) is 31.2 Å². The molecule has 2 aliphatic heterocycles. The first-order valence-electron chi connectivity index (χ1n) is 7.78. The fourth-order valence-corrected chi connectivity index (χ4v) is 4.19. The van der Waals surface area contributed by atoms with Gasteiger partial charge in [0.2, 0.25) is 5.95 Å². The number of nitrogens with zero attached hydrogens (tertiary/aromatic N) is 4. The molecule has 0 aromatic carbocycles. The fourth-order valence-electron chi connectivity index (χ4n) is 3.77. The number of methoxy groups -OCH3 is 1. The number of amides is 1. The van der Waals surface area contributed by atoms with Gasteiger partial charge in [-0.05, 0) is 32.1 Å². The maximum absolute atomic E-state index is 12.0. The summed E-state index contributed by atoms with van der Waals surface area (Å²) in [5.74, 6) is 0.525. The second-order valence-corrected chi connectivity index (χ2v) is 6.94. The number of hydrogen-bond donors (Lipinski definition) is 0. The number of rotatable bonds is 2. The van der Waals surface area contributed by atoms with Gasteiger partial charge in [0.25, 0.3) is 0 Å². The predicted molar refractivity (Wildman–Crippen MR) is 89.1 cm³/mol. The number of ether oxygens (including phenoxy) is 1. The van der Waals surface area contributed by atoms with E-state index in [1.807, 2.05) is 16.8 Å². The molecule has 6 nitrogen and oxygen atoms in total. The molecule has 2 bridgehead atoms. The monoisotopic (exact) mass is 358 g/mol. The molecular weight excluding hydrogens is 339 g/mol. The lowest BCUT2D eigenvalue weighted by atomic mass is 9.81. The molecule has 1 aromatic rings. The summed E-state index contributed by atoms with van der Waals surface area (Å²) in [6.45, 7) is 0. The van der Waals surface area contributed by atoms with Crippen molar-refractivity contribution < 1.29 is 9.53 Å². The van der Waals surface area contributed by atoms with Crippen molar-refractivity contribution >= 4 is 35.2 Å². The molecule has 0 radical (unpaired) electrons. The molecule has 0 unspecified atom stereocenters. The van der Waals surface area contributed by atoms with Crippen LogP contribution in [0.15, 0.2) is 6.07 Å². The van der Waals surface area contributed by atoms with Crippen LogP contribution in [0.1, 0.15) is 32.1 Å². The number of piperidine rings is 2. The summed E-state index contributed by atoms with van der Waals surface area (Å²) in [4.78, 5) is 24.5. The zero-order valence-electron chi connectivity index (χ0n) is 13.2. The Morgan fingerprint density at radius 2 is 1.83 bits per heavy atom. The van der Waals surface area contributed by atoms with Gasteiger partial charge in [0.05, 0.1) is 7.11 Å². The Morgan fingerprint density at radius 1 is 1.26 bits per heavy atom. The minimum atomic E-state index is -0.220. The van der Waals surface area contributed by atoms with Crippen LogP contribution in [-0.2, 0) is 4.74 Å². The lowest BCUT2D eigenvalue weighted by Gasteiger charge is -2.49. The Labute approximate surface area is 145 Å². The molecule has 0 spiro atoms. The van der Waals surface area contributed by atoms with E-state index in [2.05, 4.69) is 9.97 Å². The Morgan fingerprint density at radius 3 is 2.35 bits per heavy atom. The zero-order chi connectivity index (χ0) is 16.6. The molecule has 1 aromatic heterocycles. The molecule has 23 heavy (non-hydrogen) atoms.